The van der Waals surface area contributed by atoms with Gasteiger partial charge < -0.3 is 14.7 Å². The zero-order valence-electron chi connectivity index (χ0n) is 11.8. The molecule has 2 fully saturated rings. The SMILES string of the molecule is CC1(O)CCOCC1C1CCCN1c1ccncc1Cl. The van der Waals surface area contributed by atoms with Gasteiger partial charge in [0.15, 0.2) is 0 Å². The van der Waals surface area contributed by atoms with Crippen molar-refractivity contribution in [1.29, 1.82) is 0 Å². The topological polar surface area (TPSA) is 45.6 Å². The van der Waals surface area contributed by atoms with Gasteiger partial charge in [-0.3, -0.25) is 4.98 Å². The fourth-order valence-electron chi connectivity index (χ4n) is 3.49. The molecule has 0 aromatic carbocycles. The van der Waals surface area contributed by atoms with Crippen LogP contribution in [0.15, 0.2) is 18.5 Å². The molecule has 20 heavy (non-hydrogen) atoms. The molecule has 1 aromatic rings. The van der Waals surface area contributed by atoms with E-state index >= 15 is 0 Å². The molecular weight excluding hydrogens is 276 g/mol. The number of aliphatic hydroxyl groups is 1. The van der Waals surface area contributed by atoms with Gasteiger partial charge in [-0.15, -0.1) is 0 Å². The van der Waals surface area contributed by atoms with Crippen molar-refractivity contribution in [2.45, 2.75) is 37.8 Å². The van der Waals surface area contributed by atoms with E-state index in [1.165, 1.54) is 0 Å². The Morgan fingerprint density at radius 2 is 2.40 bits per heavy atom. The Balaban J connectivity index is 1.87. The minimum Gasteiger partial charge on any atom is -0.390 e. The lowest BCUT2D eigenvalue weighted by molar-refractivity contribution is -0.108. The monoisotopic (exact) mass is 296 g/mol. The zero-order valence-corrected chi connectivity index (χ0v) is 12.5. The van der Waals surface area contributed by atoms with Gasteiger partial charge in [0.05, 0.1) is 22.9 Å². The molecule has 0 aliphatic carbocycles. The van der Waals surface area contributed by atoms with Crippen molar-refractivity contribution in [3.63, 3.8) is 0 Å². The standard InChI is InChI=1S/C15H21ClN2O2/c1-15(19)5-8-20-10-11(15)13-3-2-7-18(13)14-4-6-17-9-12(14)16/h4,6,9,11,13,19H,2-3,5,7-8,10H2,1H3. The van der Waals surface area contributed by atoms with E-state index < -0.39 is 5.60 Å². The van der Waals surface area contributed by atoms with Gasteiger partial charge in [-0.05, 0) is 32.3 Å². The van der Waals surface area contributed by atoms with Crippen LogP contribution in [0.1, 0.15) is 26.2 Å². The third-order valence-corrected chi connectivity index (χ3v) is 4.96. The van der Waals surface area contributed by atoms with Crippen LogP contribution in [-0.2, 0) is 4.74 Å². The average molecular weight is 297 g/mol. The van der Waals surface area contributed by atoms with Crippen molar-refractivity contribution in [2.75, 3.05) is 24.7 Å². The maximum absolute atomic E-state index is 10.7. The number of hydrogen-bond donors (Lipinski definition) is 1. The quantitative estimate of drug-likeness (QED) is 0.911. The summed E-state index contributed by atoms with van der Waals surface area (Å²) in [6.07, 6.45) is 6.35. The van der Waals surface area contributed by atoms with Crippen LogP contribution in [0.2, 0.25) is 5.02 Å². The van der Waals surface area contributed by atoms with Crippen LogP contribution in [0.4, 0.5) is 5.69 Å². The van der Waals surface area contributed by atoms with E-state index in [1.807, 2.05) is 13.0 Å². The molecule has 2 aliphatic heterocycles. The van der Waals surface area contributed by atoms with Crippen LogP contribution in [0, 0.1) is 5.92 Å². The van der Waals surface area contributed by atoms with E-state index in [0.717, 1.165) is 25.1 Å². The van der Waals surface area contributed by atoms with Crippen LogP contribution in [-0.4, -0.2) is 41.5 Å². The van der Waals surface area contributed by atoms with Crippen molar-refractivity contribution in [2.24, 2.45) is 5.92 Å². The van der Waals surface area contributed by atoms with Crippen molar-refractivity contribution >= 4 is 17.3 Å². The van der Waals surface area contributed by atoms with Gasteiger partial charge in [-0.1, -0.05) is 11.6 Å². The van der Waals surface area contributed by atoms with Crippen molar-refractivity contribution in [3.05, 3.63) is 23.5 Å². The highest BCUT2D eigenvalue weighted by Gasteiger charge is 2.44. The molecule has 3 rings (SSSR count). The number of rotatable bonds is 2. The lowest BCUT2D eigenvalue weighted by Gasteiger charge is -2.43. The summed E-state index contributed by atoms with van der Waals surface area (Å²) < 4.78 is 5.61. The van der Waals surface area contributed by atoms with Crippen molar-refractivity contribution in [3.8, 4) is 0 Å². The lowest BCUT2D eigenvalue weighted by Crippen LogP contribution is -2.52. The number of hydrogen-bond acceptors (Lipinski definition) is 4. The molecule has 2 aliphatic rings. The number of anilines is 1. The minimum atomic E-state index is -0.662. The van der Waals surface area contributed by atoms with E-state index in [-0.39, 0.29) is 12.0 Å². The first kappa shape index (κ1) is 14.1. The second kappa shape index (κ2) is 5.51. The molecule has 5 heteroatoms. The molecular formula is C15H21ClN2O2. The Bertz CT molecular complexity index is 481. The molecule has 4 nitrogen and oxygen atoms in total. The molecule has 2 saturated heterocycles. The van der Waals surface area contributed by atoms with Crippen LogP contribution in [0.3, 0.4) is 0 Å². The maximum Gasteiger partial charge on any atom is 0.0822 e. The summed E-state index contributed by atoms with van der Waals surface area (Å²) in [5.74, 6) is 0.128. The number of pyridine rings is 1. The average Bonchev–Trinajstić information content (AvgIpc) is 2.87. The molecule has 0 spiro atoms. The molecule has 0 saturated carbocycles. The number of nitrogens with zero attached hydrogens (tertiary/aromatic N) is 2. The molecule has 3 atom stereocenters. The third kappa shape index (κ3) is 2.52. The highest BCUT2D eigenvalue weighted by atomic mass is 35.5. The Hall–Kier alpha value is -0.840. The highest BCUT2D eigenvalue weighted by molar-refractivity contribution is 6.33. The summed E-state index contributed by atoms with van der Waals surface area (Å²) >= 11 is 6.28. The number of halogens is 1. The smallest absolute Gasteiger partial charge is 0.0822 e. The van der Waals surface area contributed by atoms with Gasteiger partial charge in [0.2, 0.25) is 0 Å². The number of aromatic nitrogens is 1. The zero-order chi connectivity index (χ0) is 14.2. The normalized spacial score (nSPS) is 34.5. The molecule has 0 radical (unpaired) electrons. The summed E-state index contributed by atoms with van der Waals surface area (Å²) in [5.41, 5.74) is 0.357. The number of ether oxygens (including phenoxy) is 1. The van der Waals surface area contributed by atoms with Crippen molar-refractivity contribution < 1.29 is 9.84 Å². The van der Waals surface area contributed by atoms with E-state index in [4.69, 9.17) is 16.3 Å². The first-order chi connectivity index (χ1) is 9.59. The predicted octanol–water partition coefficient (Wildman–Crippen LogP) is 2.49. The summed E-state index contributed by atoms with van der Waals surface area (Å²) in [6.45, 7) is 4.18. The Morgan fingerprint density at radius 3 is 3.15 bits per heavy atom. The second-order valence-corrected chi connectivity index (χ2v) is 6.43. The summed E-state index contributed by atoms with van der Waals surface area (Å²) in [5, 5.41) is 11.4. The van der Waals surface area contributed by atoms with Crippen LogP contribution in [0.5, 0.6) is 0 Å². The van der Waals surface area contributed by atoms with Gasteiger partial charge in [-0.25, -0.2) is 0 Å². The Kier molecular flexibility index (Phi) is 3.89. The predicted molar refractivity (Wildman–Crippen MR) is 79.2 cm³/mol. The van der Waals surface area contributed by atoms with E-state index in [0.29, 0.717) is 24.7 Å². The summed E-state index contributed by atoms with van der Waals surface area (Å²) in [4.78, 5) is 6.37. The van der Waals surface area contributed by atoms with Gasteiger partial charge in [0.25, 0.3) is 0 Å². The molecule has 3 unspecified atom stereocenters. The fourth-order valence-corrected chi connectivity index (χ4v) is 3.72. The summed E-state index contributed by atoms with van der Waals surface area (Å²) in [7, 11) is 0. The second-order valence-electron chi connectivity index (χ2n) is 6.02. The molecule has 1 aromatic heterocycles. The maximum atomic E-state index is 10.7. The lowest BCUT2D eigenvalue weighted by atomic mass is 9.79. The summed E-state index contributed by atoms with van der Waals surface area (Å²) in [6, 6.07) is 2.24. The van der Waals surface area contributed by atoms with Crippen LogP contribution in [0.25, 0.3) is 0 Å². The first-order valence-electron chi connectivity index (χ1n) is 7.26. The Labute approximate surface area is 124 Å². The molecule has 3 heterocycles. The van der Waals surface area contributed by atoms with Crippen LogP contribution >= 0.6 is 11.6 Å². The fraction of sp³-hybridized carbons (Fsp3) is 0.667. The van der Waals surface area contributed by atoms with Gasteiger partial charge >= 0.3 is 0 Å². The van der Waals surface area contributed by atoms with Gasteiger partial charge in [0, 0.05) is 37.5 Å². The molecule has 0 bridgehead atoms. The van der Waals surface area contributed by atoms with Crippen molar-refractivity contribution in [1.82, 2.24) is 4.98 Å². The molecule has 0 amide bonds. The van der Waals surface area contributed by atoms with E-state index in [1.54, 1.807) is 12.4 Å². The molecule has 110 valence electrons. The minimum absolute atomic E-state index is 0.128. The largest absolute Gasteiger partial charge is 0.390 e. The highest BCUT2D eigenvalue weighted by Crippen LogP contribution is 2.39. The Morgan fingerprint density at radius 1 is 1.55 bits per heavy atom. The van der Waals surface area contributed by atoms with Crippen LogP contribution < -0.4 is 4.90 Å². The molecule has 1 N–H and O–H groups in total. The van der Waals surface area contributed by atoms with E-state index in [9.17, 15) is 5.11 Å². The van der Waals surface area contributed by atoms with Gasteiger partial charge in [-0.2, -0.15) is 0 Å². The van der Waals surface area contributed by atoms with Gasteiger partial charge in [0.1, 0.15) is 0 Å². The first-order valence-corrected chi connectivity index (χ1v) is 7.64. The third-order valence-electron chi connectivity index (χ3n) is 4.67. The van der Waals surface area contributed by atoms with E-state index in [2.05, 4.69) is 9.88 Å².